The van der Waals surface area contributed by atoms with E-state index in [1.807, 2.05) is 6.20 Å². The van der Waals surface area contributed by atoms with Gasteiger partial charge in [0.2, 0.25) is 0 Å². The summed E-state index contributed by atoms with van der Waals surface area (Å²) in [6.07, 6.45) is 3.14. The van der Waals surface area contributed by atoms with Crippen molar-refractivity contribution in [2.24, 2.45) is 0 Å². The standard InChI is InChI=1S/C20H20N.C5H8O2.Ir/c1-12-6-7-17-15(4)11-21-20(19(17)9-12)18-10-13(2)8-14(3)16(18)5;1-4(6)3-5(2)7;/h6-9,11H,1-5H3;3,6H,1-2H3;/q-1;;/b;4-3-;. The number of hydrogen-bond acceptors (Lipinski definition) is 3. The van der Waals surface area contributed by atoms with Crippen molar-refractivity contribution in [3.8, 4) is 11.3 Å². The number of aryl methyl sites for hydroxylation is 4. The predicted molar refractivity (Wildman–Crippen MR) is 117 cm³/mol. The van der Waals surface area contributed by atoms with Crippen LogP contribution in [-0.4, -0.2) is 15.9 Å². The van der Waals surface area contributed by atoms with Gasteiger partial charge < -0.3 is 10.1 Å². The van der Waals surface area contributed by atoms with Crippen LogP contribution in [-0.2, 0) is 24.9 Å². The molecule has 1 aromatic heterocycles. The Morgan fingerprint density at radius 1 is 1.00 bits per heavy atom. The summed E-state index contributed by atoms with van der Waals surface area (Å²) in [5, 5.41) is 10.9. The van der Waals surface area contributed by atoms with Crippen LogP contribution >= 0.6 is 0 Å². The molecule has 0 fully saturated rings. The maximum Gasteiger partial charge on any atom is 0.155 e. The molecule has 0 spiro atoms. The van der Waals surface area contributed by atoms with Crippen molar-refractivity contribution in [1.29, 1.82) is 0 Å². The normalized spacial score (nSPS) is 10.8. The first-order valence-electron chi connectivity index (χ1n) is 9.34. The molecule has 0 aliphatic heterocycles. The van der Waals surface area contributed by atoms with E-state index in [-0.39, 0.29) is 31.6 Å². The third-order valence-electron chi connectivity index (χ3n) is 4.61. The number of benzene rings is 2. The van der Waals surface area contributed by atoms with Gasteiger partial charge in [0.05, 0.1) is 5.76 Å². The van der Waals surface area contributed by atoms with Gasteiger partial charge in [0.15, 0.2) is 5.78 Å². The first kappa shape index (κ1) is 24.7. The summed E-state index contributed by atoms with van der Waals surface area (Å²) in [6, 6.07) is 12.3. The second-order valence-electron chi connectivity index (χ2n) is 7.37. The maximum absolute atomic E-state index is 10.0. The first-order valence-corrected chi connectivity index (χ1v) is 9.34. The van der Waals surface area contributed by atoms with Crippen LogP contribution in [0, 0.1) is 40.7 Å². The smallest absolute Gasteiger partial charge is 0.155 e. The van der Waals surface area contributed by atoms with Crippen LogP contribution in [0.3, 0.4) is 0 Å². The second-order valence-corrected chi connectivity index (χ2v) is 7.37. The fraction of sp³-hybridized carbons (Fsp3) is 0.280. The molecule has 3 nitrogen and oxygen atoms in total. The molecule has 0 saturated carbocycles. The van der Waals surface area contributed by atoms with E-state index in [1.165, 1.54) is 52.9 Å². The number of aromatic nitrogens is 1. The summed E-state index contributed by atoms with van der Waals surface area (Å²) in [5.74, 6) is -0.0625. The van der Waals surface area contributed by atoms with Gasteiger partial charge >= 0.3 is 0 Å². The minimum absolute atomic E-state index is 0. The third kappa shape index (κ3) is 6.35. The number of ketones is 1. The summed E-state index contributed by atoms with van der Waals surface area (Å²) in [6.45, 7) is 13.5. The largest absolute Gasteiger partial charge is 0.512 e. The Morgan fingerprint density at radius 2 is 1.66 bits per heavy atom. The second kappa shape index (κ2) is 10.5. The number of fused-ring (bicyclic) bond motifs is 1. The number of nitrogens with zero attached hydrogens (tertiary/aromatic N) is 1. The summed E-state index contributed by atoms with van der Waals surface area (Å²) in [4.78, 5) is 14.7. The van der Waals surface area contributed by atoms with Crippen LogP contribution in [0.2, 0.25) is 0 Å². The molecule has 0 bridgehead atoms. The summed E-state index contributed by atoms with van der Waals surface area (Å²) < 4.78 is 0. The van der Waals surface area contributed by atoms with Crippen molar-refractivity contribution in [2.75, 3.05) is 0 Å². The molecule has 0 atom stereocenters. The third-order valence-corrected chi connectivity index (χ3v) is 4.61. The number of carbonyl (C=O) groups is 1. The first-order chi connectivity index (χ1) is 13.1. The predicted octanol–water partition coefficient (Wildman–Crippen LogP) is 6.28. The molecular formula is C25H28IrNO2-. The van der Waals surface area contributed by atoms with Crippen molar-refractivity contribution in [2.45, 2.75) is 48.5 Å². The quantitative estimate of drug-likeness (QED) is 0.226. The Bertz CT molecular complexity index is 1060. The van der Waals surface area contributed by atoms with E-state index >= 15 is 0 Å². The zero-order valence-corrected chi connectivity index (χ0v) is 20.5. The molecule has 0 saturated heterocycles. The van der Waals surface area contributed by atoms with Crippen LogP contribution in [0.5, 0.6) is 0 Å². The minimum atomic E-state index is -0.125. The van der Waals surface area contributed by atoms with Crippen molar-refractivity contribution < 1.29 is 30.0 Å². The topological polar surface area (TPSA) is 50.2 Å². The van der Waals surface area contributed by atoms with E-state index in [0.717, 1.165) is 16.8 Å². The number of pyridine rings is 1. The zero-order chi connectivity index (χ0) is 21.0. The molecule has 4 heteroatoms. The van der Waals surface area contributed by atoms with Gasteiger partial charge in [0, 0.05) is 32.4 Å². The van der Waals surface area contributed by atoms with Crippen LogP contribution in [0.15, 0.2) is 42.3 Å². The van der Waals surface area contributed by atoms with Crippen molar-refractivity contribution in [1.82, 2.24) is 4.98 Å². The van der Waals surface area contributed by atoms with Gasteiger partial charge in [-0.05, 0) is 49.7 Å². The Morgan fingerprint density at radius 3 is 2.21 bits per heavy atom. The summed E-state index contributed by atoms with van der Waals surface area (Å²) in [7, 11) is 0. The fourth-order valence-corrected chi connectivity index (χ4v) is 3.19. The average Bonchev–Trinajstić information content (AvgIpc) is 2.58. The molecule has 1 heterocycles. The number of hydrogen-bond donors (Lipinski definition) is 1. The summed E-state index contributed by atoms with van der Waals surface area (Å²) >= 11 is 0. The Balaban J connectivity index is 0.000000456. The molecule has 0 aliphatic carbocycles. The molecule has 0 aliphatic rings. The molecule has 29 heavy (non-hydrogen) atoms. The van der Waals surface area contributed by atoms with Gasteiger partial charge in [-0.25, -0.2) is 0 Å². The zero-order valence-electron chi connectivity index (χ0n) is 18.1. The van der Waals surface area contributed by atoms with Crippen LogP contribution in [0.25, 0.3) is 22.0 Å². The number of carbonyl (C=O) groups excluding carboxylic acids is 1. The Kier molecular flexibility index (Phi) is 8.94. The van der Waals surface area contributed by atoms with Crippen molar-refractivity contribution in [3.05, 3.63) is 76.2 Å². The number of rotatable bonds is 2. The van der Waals surface area contributed by atoms with Gasteiger partial charge in [-0.3, -0.25) is 4.79 Å². The number of aliphatic hydroxyl groups excluding tert-OH is 1. The van der Waals surface area contributed by atoms with Crippen molar-refractivity contribution in [3.63, 3.8) is 0 Å². The van der Waals surface area contributed by atoms with Gasteiger partial charge in [0.25, 0.3) is 0 Å². The molecule has 2 aromatic carbocycles. The van der Waals surface area contributed by atoms with Gasteiger partial charge in [-0.15, -0.1) is 34.4 Å². The maximum atomic E-state index is 10.0. The number of allylic oxidation sites excluding steroid dienone is 2. The van der Waals surface area contributed by atoms with Gasteiger partial charge in [-0.2, -0.15) is 0 Å². The van der Waals surface area contributed by atoms with E-state index < -0.39 is 0 Å². The SMILES string of the molecule is CC(=O)/C=C(/C)O.Cc1[c-]c(-c2ncc(C)c3ccc(C)cc23)c(C)c(C)c1.[Ir]. The van der Waals surface area contributed by atoms with Crippen LogP contribution in [0.4, 0.5) is 0 Å². The molecule has 1 radical (unpaired) electrons. The molecule has 3 aromatic rings. The minimum Gasteiger partial charge on any atom is -0.512 e. The van der Waals surface area contributed by atoms with E-state index in [2.05, 4.69) is 65.0 Å². The molecule has 155 valence electrons. The van der Waals surface area contributed by atoms with E-state index in [4.69, 9.17) is 10.1 Å². The molecular weight excluding hydrogens is 538 g/mol. The van der Waals surface area contributed by atoms with Crippen LogP contribution < -0.4 is 0 Å². The molecule has 0 amide bonds. The van der Waals surface area contributed by atoms with Crippen LogP contribution in [0.1, 0.15) is 41.7 Å². The summed E-state index contributed by atoms with van der Waals surface area (Å²) in [5.41, 5.74) is 8.38. The molecule has 1 N–H and O–H groups in total. The van der Waals surface area contributed by atoms with Crippen molar-refractivity contribution >= 4 is 16.6 Å². The van der Waals surface area contributed by atoms with E-state index in [1.54, 1.807) is 0 Å². The van der Waals surface area contributed by atoms with Gasteiger partial charge in [0.1, 0.15) is 0 Å². The monoisotopic (exact) mass is 567 g/mol. The fourth-order valence-electron chi connectivity index (χ4n) is 3.19. The Labute approximate surface area is 187 Å². The molecule has 0 unspecified atom stereocenters. The number of aliphatic hydroxyl groups is 1. The van der Waals surface area contributed by atoms with Gasteiger partial charge in [-0.1, -0.05) is 44.5 Å². The average molecular weight is 567 g/mol. The van der Waals surface area contributed by atoms with E-state index in [0.29, 0.717) is 0 Å². The molecule has 3 rings (SSSR count). The Hall–Kier alpha value is -2.29. The van der Waals surface area contributed by atoms with E-state index in [9.17, 15) is 4.79 Å².